The van der Waals surface area contributed by atoms with E-state index in [1.54, 1.807) is 18.2 Å². The van der Waals surface area contributed by atoms with E-state index in [-0.39, 0.29) is 11.9 Å². The number of esters is 1. The van der Waals surface area contributed by atoms with Gasteiger partial charge < -0.3 is 15.8 Å². The minimum absolute atomic E-state index is 0.176. The smallest absolute Gasteiger partial charge is 0.305 e. The van der Waals surface area contributed by atoms with Crippen LogP contribution in [-0.2, 0) is 9.53 Å². The Labute approximate surface area is 106 Å². The first-order valence-corrected chi connectivity index (χ1v) is 5.75. The van der Waals surface area contributed by atoms with Crippen LogP contribution in [0.15, 0.2) is 18.2 Å². The number of nitrogen functional groups attached to an aromatic ring is 1. The van der Waals surface area contributed by atoms with E-state index < -0.39 is 0 Å². The first-order valence-electron chi connectivity index (χ1n) is 5.75. The number of benzene rings is 1. The van der Waals surface area contributed by atoms with Gasteiger partial charge in [-0.1, -0.05) is 6.07 Å². The van der Waals surface area contributed by atoms with Crippen molar-refractivity contribution in [1.29, 1.82) is 0 Å². The zero-order valence-corrected chi connectivity index (χ0v) is 10.7. The number of hydrogen-bond acceptors (Lipinski definition) is 4. The summed E-state index contributed by atoms with van der Waals surface area (Å²) < 4.78 is 4.51. The molecule has 1 rings (SSSR count). The number of nitrogens with two attached hydrogens (primary N) is 1. The second kappa shape index (κ2) is 6.64. The summed E-state index contributed by atoms with van der Waals surface area (Å²) >= 11 is 0. The summed E-state index contributed by atoms with van der Waals surface area (Å²) in [4.78, 5) is 22.7. The van der Waals surface area contributed by atoms with Gasteiger partial charge in [-0.3, -0.25) is 9.59 Å². The molecule has 0 radical (unpaired) electrons. The molecule has 0 aliphatic carbocycles. The Hall–Kier alpha value is -2.04. The van der Waals surface area contributed by atoms with E-state index in [1.165, 1.54) is 7.11 Å². The van der Waals surface area contributed by atoms with Crippen LogP contribution in [-0.4, -0.2) is 25.5 Å². The van der Waals surface area contributed by atoms with Crippen LogP contribution in [0.4, 0.5) is 5.69 Å². The predicted octanol–water partition coefficient (Wildman–Crippen LogP) is 1.26. The molecule has 1 aromatic carbocycles. The number of rotatable bonds is 5. The van der Waals surface area contributed by atoms with E-state index in [0.29, 0.717) is 30.6 Å². The zero-order valence-electron chi connectivity index (χ0n) is 10.7. The molecular weight excluding hydrogens is 232 g/mol. The van der Waals surface area contributed by atoms with Crippen LogP contribution in [0.3, 0.4) is 0 Å². The number of carbonyl (C=O) groups excluding carboxylic acids is 2. The Bertz CT molecular complexity index is 444. The average Bonchev–Trinajstić information content (AvgIpc) is 2.36. The highest BCUT2D eigenvalue weighted by atomic mass is 16.5. The fourth-order valence-electron chi connectivity index (χ4n) is 1.52. The molecule has 98 valence electrons. The van der Waals surface area contributed by atoms with Gasteiger partial charge in [-0.15, -0.1) is 0 Å². The van der Waals surface area contributed by atoms with E-state index in [1.807, 2.05) is 6.92 Å². The molecule has 0 fully saturated rings. The predicted molar refractivity (Wildman–Crippen MR) is 69.2 cm³/mol. The molecular formula is C13H18N2O3. The maximum Gasteiger partial charge on any atom is 0.305 e. The number of hydrogen-bond donors (Lipinski definition) is 2. The average molecular weight is 250 g/mol. The molecule has 5 heteroatoms. The number of aryl methyl sites for hydroxylation is 1. The van der Waals surface area contributed by atoms with Gasteiger partial charge in [0.2, 0.25) is 0 Å². The van der Waals surface area contributed by atoms with Crippen molar-refractivity contribution in [2.24, 2.45) is 0 Å². The van der Waals surface area contributed by atoms with Crippen molar-refractivity contribution in [1.82, 2.24) is 5.32 Å². The van der Waals surface area contributed by atoms with Crippen molar-refractivity contribution in [3.63, 3.8) is 0 Å². The molecule has 0 saturated carbocycles. The third-order valence-electron chi connectivity index (χ3n) is 2.58. The van der Waals surface area contributed by atoms with Crippen LogP contribution >= 0.6 is 0 Å². The second-order valence-corrected chi connectivity index (χ2v) is 4.01. The third kappa shape index (κ3) is 4.08. The molecule has 0 aromatic heterocycles. The molecule has 18 heavy (non-hydrogen) atoms. The number of carbonyl (C=O) groups is 2. The molecule has 0 aliphatic heterocycles. The Kier molecular flexibility index (Phi) is 5.17. The van der Waals surface area contributed by atoms with Crippen LogP contribution in [0.2, 0.25) is 0 Å². The SMILES string of the molecule is COC(=O)CCCNC(=O)c1cc(N)ccc1C. The van der Waals surface area contributed by atoms with E-state index >= 15 is 0 Å². The summed E-state index contributed by atoms with van der Waals surface area (Å²) in [7, 11) is 1.34. The molecule has 0 atom stereocenters. The molecule has 1 amide bonds. The molecule has 0 aliphatic rings. The normalized spacial score (nSPS) is 9.89. The molecule has 0 unspecified atom stereocenters. The van der Waals surface area contributed by atoms with Crippen LogP contribution < -0.4 is 11.1 Å². The van der Waals surface area contributed by atoms with Crippen LogP contribution in [0.25, 0.3) is 0 Å². The molecule has 0 heterocycles. The van der Waals surface area contributed by atoms with E-state index in [0.717, 1.165) is 5.56 Å². The quantitative estimate of drug-likeness (QED) is 0.468. The summed E-state index contributed by atoms with van der Waals surface area (Å²) in [6, 6.07) is 5.20. The number of amides is 1. The van der Waals surface area contributed by atoms with E-state index in [9.17, 15) is 9.59 Å². The Balaban J connectivity index is 2.46. The minimum Gasteiger partial charge on any atom is -0.469 e. The zero-order chi connectivity index (χ0) is 13.5. The fourth-order valence-corrected chi connectivity index (χ4v) is 1.52. The van der Waals surface area contributed by atoms with Gasteiger partial charge in [-0.2, -0.15) is 0 Å². The minimum atomic E-state index is -0.274. The van der Waals surface area contributed by atoms with Crippen LogP contribution in [0.5, 0.6) is 0 Å². The molecule has 1 aromatic rings. The van der Waals surface area contributed by atoms with Gasteiger partial charge in [-0.25, -0.2) is 0 Å². The topological polar surface area (TPSA) is 81.4 Å². The lowest BCUT2D eigenvalue weighted by molar-refractivity contribution is -0.140. The Morgan fingerprint density at radius 3 is 2.78 bits per heavy atom. The van der Waals surface area contributed by atoms with Gasteiger partial charge >= 0.3 is 5.97 Å². The van der Waals surface area contributed by atoms with Gasteiger partial charge in [-0.05, 0) is 31.0 Å². The number of methoxy groups -OCH3 is 1. The maximum absolute atomic E-state index is 11.8. The lowest BCUT2D eigenvalue weighted by Crippen LogP contribution is -2.25. The van der Waals surface area contributed by atoms with Crippen LogP contribution in [0.1, 0.15) is 28.8 Å². The van der Waals surface area contributed by atoms with Crippen molar-refractivity contribution in [2.75, 3.05) is 19.4 Å². The summed E-state index contributed by atoms with van der Waals surface area (Å²) in [5, 5.41) is 2.74. The number of anilines is 1. The van der Waals surface area contributed by atoms with Crippen molar-refractivity contribution >= 4 is 17.6 Å². The van der Waals surface area contributed by atoms with Gasteiger partial charge in [0, 0.05) is 24.2 Å². The third-order valence-corrected chi connectivity index (χ3v) is 2.58. The summed E-state index contributed by atoms with van der Waals surface area (Å²) in [5.41, 5.74) is 7.63. The summed E-state index contributed by atoms with van der Waals surface area (Å²) in [6.45, 7) is 2.28. The molecule has 3 N–H and O–H groups in total. The molecule has 0 bridgehead atoms. The van der Waals surface area contributed by atoms with Gasteiger partial charge in [0.25, 0.3) is 5.91 Å². The van der Waals surface area contributed by atoms with Gasteiger partial charge in [0.05, 0.1) is 7.11 Å². The maximum atomic E-state index is 11.8. The van der Waals surface area contributed by atoms with E-state index in [2.05, 4.69) is 10.1 Å². The monoisotopic (exact) mass is 250 g/mol. The molecule has 0 spiro atoms. The standard InChI is InChI=1S/C13H18N2O3/c1-9-5-6-10(14)8-11(9)13(17)15-7-3-4-12(16)18-2/h5-6,8H,3-4,7,14H2,1-2H3,(H,15,17). The Morgan fingerprint density at radius 2 is 2.11 bits per heavy atom. The lowest BCUT2D eigenvalue weighted by Gasteiger charge is -2.08. The van der Waals surface area contributed by atoms with Crippen molar-refractivity contribution in [3.8, 4) is 0 Å². The number of ether oxygens (including phenoxy) is 1. The summed E-state index contributed by atoms with van der Waals surface area (Å²) in [6.07, 6.45) is 0.854. The fraction of sp³-hybridized carbons (Fsp3) is 0.385. The first-order chi connectivity index (χ1) is 8.54. The largest absolute Gasteiger partial charge is 0.469 e. The molecule has 5 nitrogen and oxygen atoms in total. The lowest BCUT2D eigenvalue weighted by atomic mass is 10.1. The van der Waals surface area contributed by atoms with Crippen molar-refractivity contribution in [2.45, 2.75) is 19.8 Å². The van der Waals surface area contributed by atoms with Crippen molar-refractivity contribution < 1.29 is 14.3 Å². The van der Waals surface area contributed by atoms with Crippen molar-refractivity contribution in [3.05, 3.63) is 29.3 Å². The highest BCUT2D eigenvalue weighted by Crippen LogP contribution is 2.12. The number of nitrogens with one attached hydrogen (secondary N) is 1. The van der Waals surface area contributed by atoms with Gasteiger partial charge in [0.1, 0.15) is 0 Å². The second-order valence-electron chi connectivity index (χ2n) is 4.01. The molecule has 0 saturated heterocycles. The van der Waals surface area contributed by atoms with Crippen LogP contribution in [0, 0.1) is 6.92 Å². The summed E-state index contributed by atoms with van der Waals surface area (Å²) in [5.74, 6) is -0.450. The highest BCUT2D eigenvalue weighted by molar-refractivity contribution is 5.96. The first kappa shape index (κ1) is 14.0. The van der Waals surface area contributed by atoms with Gasteiger partial charge in [0.15, 0.2) is 0 Å². The Morgan fingerprint density at radius 1 is 1.39 bits per heavy atom. The highest BCUT2D eigenvalue weighted by Gasteiger charge is 2.09. The van der Waals surface area contributed by atoms with E-state index in [4.69, 9.17) is 5.73 Å².